The first-order valence-electron chi connectivity index (χ1n) is 13.2. The van der Waals surface area contributed by atoms with Crippen molar-refractivity contribution < 1.29 is 22.7 Å². The number of rotatable bonds is 6. The Hall–Kier alpha value is -3.26. The van der Waals surface area contributed by atoms with Crippen molar-refractivity contribution in [1.82, 2.24) is 4.98 Å². The predicted octanol–water partition coefficient (Wildman–Crippen LogP) is 8.50. The number of carbonyl (C=O) groups is 1. The second-order valence-electron chi connectivity index (χ2n) is 11.4. The lowest BCUT2D eigenvalue weighted by Gasteiger charge is -2.57. The number of methoxy groups -OCH3 is 1. The van der Waals surface area contributed by atoms with Crippen LogP contribution in [-0.2, 0) is 16.3 Å². The Morgan fingerprint density at radius 1 is 0.923 bits per heavy atom. The molecule has 1 heterocycles. The first kappa shape index (κ1) is 26.0. The molecule has 0 amide bonds. The molecule has 4 aliphatic rings. The van der Waals surface area contributed by atoms with Gasteiger partial charge in [0.05, 0.1) is 40.8 Å². The third-order valence-corrected chi connectivity index (χ3v) is 8.92. The first-order valence-corrected chi connectivity index (χ1v) is 13.6. The molecule has 0 atom stereocenters. The molecule has 0 radical (unpaired) electrons. The molecule has 2 aromatic carbocycles. The Balaban J connectivity index is 1.27. The van der Waals surface area contributed by atoms with Crippen LogP contribution in [0.5, 0.6) is 0 Å². The van der Waals surface area contributed by atoms with E-state index in [1.54, 1.807) is 6.07 Å². The highest BCUT2D eigenvalue weighted by molar-refractivity contribution is 6.33. The molecule has 0 aliphatic heterocycles. The predicted molar refractivity (Wildman–Crippen MR) is 145 cm³/mol. The molecule has 0 spiro atoms. The molecule has 9 heteroatoms. The highest BCUT2D eigenvalue weighted by atomic mass is 35.5. The maximum Gasteiger partial charge on any atom is 0.416 e. The van der Waals surface area contributed by atoms with E-state index in [9.17, 15) is 18.0 Å². The average Bonchev–Trinajstić information content (AvgIpc) is 2.88. The number of halogens is 4. The SMILES string of the molecule is COC(=O)c1cncc(Nc2cc(Nc3ccc(C45CC6CC(CC(C6)C4)C5)cc3Cl)cc(C(F)(F)F)c2)c1. The number of esters is 1. The molecule has 4 saturated carbocycles. The molecule has 4 fully saturated rings. The smallest absolute Gasteiger partial charge is 0.416 e. The van der Waals surface area contributed by atoms with Crippen molar-refractivity contribution in [1.29, 1.82) is 0 Å². The Kier molecular flexibility index (Phi) is 6.49. The molecule has 7 rings (SSSR count). The zero-order valence-corrected chi connectivity index (χ0v) is 22.2. The van der Waals surface area contributed by atoms with Crippen molar-refractivity contribution in [3.63, 3.8) is 0 Å². The van der Waals surface area contributed by atoms with Crippen molar-refractivity contribution in [2.75, 3.05) is 17.7 Å². The number of hydrogen-bond acceptors (Lipinski definition) is 5. The molecule has 1 aromatic heterocycles. The van der Waals surface area contributed by atoms with Gasteiger partial charge in [0.25, 0.3) is 0 Å². The van der Waals surface area contributed by atoms with E-state index in [1.165, 1.54) is 69.7 Å². The number of anilines is 4. The van der Waals surface area contributed by atoms with Gasteiger partial charge in [-0.2, -0.15) is 13.2 Å². The van der Waals surface area contributed by atoms with Gasteiger partial charge in [-0.05, 0) is 104 Å². The van der Waals surface area contributed by atoms with Crippen molar-refractivity contribution in [2.45, 2.75) is 50.1 Å². The lowest BCUT2D eigenvalue weighted by atomic mass is 9.48. The third-order valence-electron chi connectivity index (χ3n) is 8.61. The van der Waals surface area contributed by atoms with Crippen LogP contribution in [-0.4, -0.2) is 18.1 Å². The van der Waals surface area contributed by atoms with E-state index in [2.05, 4.69) is 21.7 Å². The number of nitrogens with zero attached hydrogens (tertiary/aromatic N) is 1. The van der Waals surface area contributed by atoms with Gasteiger partial charge in [0.15, 0.2) is 0 Å². The molecule has 2 N–H and O–H groups in total. The number of carbonyl (C=O) groups excluding carboxylic acids is 1. The van der Waals surface area contributed by atoms with Crippen LogP contribution in [0.15, 0.2) is 54.9 Å². The van der Waals surface area contributed by atoms with Crippen molar-refractivity contribution in [3.05, 3.63) is 76.6 Å². The molecule has 5 nitrogen and oxygen atoms in total. The number of alkyl halides is 3. The highest BCUT2D eigenvalue weighted by Crippen LogP contribution is 2.61. The fraction of sp³-hybridized carbons (Fsp3) is 0.400. The second-order valence-corrected chi connectivity index (χ2v) is 11.8. The topological polar surface area (TPSA) is 63.2 Å². The van der Waals surface area contributed by atoms with Gasteiger partial charge in [-0.15, -0.1) is 0 Å². The summed E-state index contributed by atoms with van der Waals surface area (Å²) in [7, 11) is 1.24. The van der Waals surface area contributed by atoms with E-state index < -0.39 is 17.7 Å². The summed E-state index contributed by atoms with van der Waals surface area (Å²) >= 11 is 6.73. The maximum atomic E-state index is 13.8. The summed E-state index contributed by atoms with van der Waals surface area (Å²) in [5, 5.41) is 6.50. The Bertz CT molecular complexity index is 1390. The Labute approximate surface area is 230 Å². The molecule has 39 heavy (non-hydrogen) atoms. The first-order chi connectivity index (χ1) is 18.6. The number of nitrogens with one attached hydrogen (secondary N) is 2. The van der Waals surface area contributed by atoms with Gasteiger partial charge >= 0.3 is 12.1 Å². The van der Waals surface area contributed by atoms with Crippen LogP contribution >= 0.6 is 11.6 Å². The molecular weight excluding hydrogens is 527 g/mol. The van der Waals surface area contributed by atoms with Crippen LogP contribution in [0.4, 0.5) is 35.9 Å². The van der Waals surface area contributed by atoms with Crippen LogP contribution < -0.4 is 10.6 Å². The van der Waals surface area contributed by atoms with Crippen LogP contribution in [0, 0.1) is 17.8 Å². The monoisotopic (exact) mass is 555 g/mol. The van der Waals surface area contributed by atoms with Gasteiger partial charge in [-0.3, -0.25) is 4.98 Å². The van der Waals surface area contributed by atoms with Crippen LogP contribution in [0.3, 0.4) is 0 Å². The standard InChI is InChI=1S/C30H29ClF3N3O2/c1-39-28(38)20-7-25(16-35-15-20)36-23-8-22(30(32,33)34)9-24(11-23)37-27-3-2-21(10-26(27)31)29-12-17-4-18(13-29)6-19(5-17)14-29/h2-3,7-11,15-19,36-37H,4-6,12-14H2,1H3. The summed E-state index contributed by atoms with van der Waals surface area (Å²) in [4.78, 5) is 15.8. The minimum absolute atomic E-state index is 0.178. The van der Waals surface area contributed by atoms with Crippen LogP contribution in [0.2, 0.25) is 5.02 Å². The fourth-order valence-electron chi connectivity index (χ4n) is 7.41. The normalized spacial score (nSPS) is 25.4. The number of aromatic nitrogens is 1. The van der Waals surface area contributed by atoms with Crippen molar-refractivity contribution in [3.8, 4) is 0 Å². The third kappa shape index (κ3) is 5.19. The van der Waals surface area contributed by atoms with Crippen LogP contribution in [0.25, 0.3) is 0 Å². The van der Waals surface area contributed by atoms with E-state index >= 15 is 0 Å². The van der Waals surface area contributed by atoms with Gasteiger partial charge in [-0.25, -0.2) is 4.79 Å². The highest BCUT2D eigenvalue weighted by Gasteiger charge is 2.51. The molecule has 4 bridgehead atoms. The summed E-state index contributed by atoms with van der Waals surface area (Å²) < 4.78 is 46.0. The molecule has 0 saturated heterocycles. The minimum atomic E-state index is -4.56. The number of hydrogen-bond donors (Lipinski definition) is 2. The van der Waals surface area contributed by atoms with Gasteiger partial charge < -0.3 is 15.4 Å². The van der Waals surface area contributed by atoms with E-state index in [0.717, 1.165) is 29.9 Å². The fourth-order valence-corrected chi connectivity index (χ4v) is 7.63. The summed E-state index contributed by atoms with van der Waals surface area (Å²) in [6.45, 7) is 0. The summed E-state index contributed by atoms with van der Waals surface area (Å²) in [6, 6.07) is 11.1. The molecule has 204 valence electrons. The van der Waals surface area contributed by atoms with Gasteiger partial charge in [0.1, 0.15) is 0 Å². The average molecular weight is 556 g/mol. The van der Waals surface area contributed by atoms with E-state index in [-0.39, 0.29) is 22.4 Å². The van der Waals surface area contributed by atoms with Gasteiger partial charge in [0.2, 0.25) is 0 Å². The maximum absolute atomic E-state index is 13.8. The zero-order valence-electron chi connectivity index (χ0n) is 21.4. The second kappa shape index (κ2) is 9.73. The Morgan fingerprint density at radius 2 is 1.56 bits per heavy atom. The molecule has 4 aliphatic carbocycles. The summed E-state index contributed by atoms with van der Waals surface area (Å²) in [6.07, 6.45) is 5.84. The number of pyridine rings is 1. The lowest BCUT2D eigenvalue weighted by Crippen LogP contribution is -2.48. The van der Waals surface area contributed by atoms with Gasteiger partial charge in [-0.1, -0.05) is 17.7 Å². The van der Waals surface area contributed by atoms with Crippen molar-refractivity contribution >= 4 is 40.3 Å². The summed E-state index contributed by atoms with van der Waals surface area (Å²) in [5.74, 6) is 1.80. The largest absolute Gasteiger partial charge is 0.465 e. The van der Waals surface area contributed by atoms with E-state index in [1.807, 2.05) is 12.1 Å². The van der Waals surface area contributed by atoms with E-state index in [0.29, 0.717) is 16.4 Å². The summed E-state index contributed by atoms with van der Waals surface area (Å²) in [5.41, 5.74) is 2.09. The van der Waals surface area contributed by atoms with Crippen LogP contribution in [0.1, 0.15) is 60.0 Å². The van der Waals surface area contributed by atoms with E-state index in [4.69, 9.17) is 16.3 Å². The Morgan fingerprint density at radius 3 is 2.15 bits per heavy atom. The molecule has 0 unspecified atom stereocenters. The lowest BCUT2D eigenvalue weighted by molar-refractivity contribution is -0.137. The van der Waals surface area contributed by atoms with Gasteiger partial charge in [0, 0.05) is 17.6 Å². The minimum Gasteiger partial charge on any atom is -0.465 e. The molecular formula is C30H29ClF3N3O2. The number of ether oxygens (including phenoxy) is 1. The van der Waals surface area contributed by atoms with Crippen molar-refractivity contribution in [2.24, 2.45) is 17.8 Å². The molecule has 3 aromatic rings. The zero-order chi connectivity index (χ0) is 27.4. The quantitative estimate of drug-likeness (QED) is 0.299. The number of benzene rings is 2.